The normalized spacial score (nSPS) is 35.4. The molecule has 0 aromatic carbocycles. The van der Waals surface area contributed by atoms with Crippen LogP contribution in [0.4, 0.5) is 4.79 Å². The summed E-state index contributed by atoms with van der Waals surface area (Å²) in [6.07, 6.45) is -0.637. The highest BCUT2D eigenvalue weighted by Gasteiger charge is 2.42. The summed E-state index contributed by atoms with van der Waals surface area (Å²) in [5, 5.41) is 18.8. The van der Waals surface area contributed by atoms with Crippen molar-refractivity contribution in [1.82, 2.24) is 14.7 Å². The molecule has 7 nitrogen and oxygen atoms in total. The molecule has 2 rings (SSSR count). The minimum Gasteiger partial charge on any atom is -0.480 e. The molecule has 2 unspecified atom stereocenters. The molecule has 2 N–H and O–H groups in total. The zero-order chi connectivity index (χ0) is 15.0. The first-order chi connectivity index (χ1) is 9.31. The van der Waals surface area contributed by atoms with Crippen molar-refractivity contribution in [3.8, 4) is 0 Å². The van der Waals surface area contributed by atoms with E-state index in [1.54, 1.807) is 4.90 Å². The van der Waals surface area contributed by atoms with Gasteiger partial charge < -0.3 is 20.0 Å². The highest BCUT2D eigenvalue weighted by molar-refractivity contribution is 5.83. The molecule has 2 aliphatic rings. The lowest BCUT2D eigenvalue weighted by atomic mass is 10.1. The zero-order valence-corrected chi connectivity index (χ0v) is 12.2. The van der Waals surface area contributed by atoms with E-state index in [9.17, 15) is 14.7 Å². The van der Waals surface area contributed by atoms with E-state index in [2.05, 4.69) is 4.90 Å². The van der Waals surface area contributed by atoms with Crippen molar-refractivity contribution in [3.05, 3.63) is 0 Å². The molecule has 7 heteroatoms. The molecule has 0 aromatic rings. The summed E-state index contributed by atoms with van der Waals surface area (Å²) in [5.74, 6) is -1.05. The summed E-state index contributed by atoms with van der Waals surface area (Å²) in [7, 11) is 2.02. The molecule has 0 aliphatic carbocycles. The predicted octanol–water partition coefficient (Wildman–Crippen LogP) is -0.349. The average molecular weight is 285 g/mol. The van der Waals surface area contributed by atoms with Gasteiger partial charge in [0.2, 0.25) is 0 Å². The maximum atomic E-state index is 12.5. The summed E-state index contributed by atoms with van der Waals surface area (Å²) in [4.78, 5) is 28.9. The fourth-order valence-corrected chi connectivity index (χ4v) is 3.00. The van der Waals surface area contributed by atoms with E-state index in [4.69, 9.17) is 5.11 Å². The summed E-state index contributed by atoms with van der Waals surface area (Å²) in [6, 6.07) is -0.722. The van der Waals surface area contributed by atoms with E-state index in [0.29, 0.717) is 13.1 Å². The quantitative estimate of drug-likeness (QED) is 0.688. The van der Waals surface area contributed by atoms with Crippen LogP contribution in [-0.4, -0.2) is 87.8 Å². The van der Waals surface area contributed by atoms with Crippen LogP contribution in [0.3, 0.4) is 0 Å². The molecule has 20 heavy (non-hydrogen) atoms. The highest BCUT2D eigenvalue weighted by Crippen LogP contribution is 2.22. The number of likely N-dealkylation sites (N-methyl/N-ethyl adjacent to an activating group) is 1. The number of aliphatic hydroxyl groups excluding tert-OH is 1. The van der Waals surface area contributed by atoms with Crippen molar-refractivity contribution in [2.24, 2.45) is 0 Å². The van der Waals surface area contributed by atoms with Gasteiger partial charge in [0, 0.05) is 38.1 Å². The molecular weight excluding hydrogens is 262 g/mol. The number of hydrogen-bond donors (Lipinski definition) is 2. The van der Waals surface area contributed by atoms with E-state index in [1.807, 2.05) is 20.9 Å². The smallest absolute Gasteiger partial charge is 0.326 e. The number of likely N-dealkylation sites (tertiary alicyclic amines) is 1. The first-order valence-electron chi connectivity index (χ1n) is 6.99. The van der Waals surface area contributed by atoms with Crippen molar-refractivity contribution < 1.29 is 19.8 Å². The number of aliphatic hydroxyl groups is 1. The lowest BCUT2D eigenvalue weighted by Crippen LogP contribution is -2.59. The number of aliphatic carboxylic acids is 1. The van der Waals surface area contributed by atoms with Gasteiger partial charge in [0.25, 0.3) is 0 Å². The van der Waals surface area contributed by atoms with Crippen molar-refractivity contribution in [1.29, 1.82) is 0 Å². The number of carbonyl (C=O) groups excluding carboxylic acids is 1. The Kier molecular flexibility index (Phi) is 4.19. The van der Waals surface area contributed by atoms with E-state index >= 15 is 0 Å². The fourth-order valence-electron chi connectivity index (χ4n) is 3.00. The molecule has 0 aromatic heterocycles. The zero-order valence-electron chi connectivity index (χ0n) is 12.2. The van der Waals surface area contributed by atoms with Gasteiger partial charge in [-0.25, -0.2) is 9.59 Å². The SMILES string of the molecule is CC1CN(C(=O)N2C[C@H](O)C[C@H]2C(=O)O)CC(C)N1C. The Morgan fingerprint density at radius 1 is 1.10 bits per heavy atom. The predicted molar refractivity (Wildman–Crippen MR) is 72.4 cm³/mol. The molecule has 2 saturated heterocycles. The molecule has 2 heterocycles. The summed E-state index contributed by atoms with van der Waals surface area (Å²) in [5.41, 5.74) is 0. The van der Waals surface area contributed by atoms with Gasteiger partial charge in [-0.2, -0.15) is 0 Å². The highest BCUT2D eigenvalue weighted by atomic mass is 16.4. The molecule has 4 atom stereocenters. The van der Waals surface area contributed by atoms with Crippen LogP contribution in [0.15, 0.2) is 0 Å². The number of β-amino-alcohol motifs (C(OH)–C–C–N with tert-alkyl or cyclic N) is 1. The molecule has 2 amide bonds. The van der Waals surface area contributed by atoms with Gasteiger partial charge in [-0.05, 0) is 20.9 Å². The number of nitrogens with zero attached hydrogens (tertiary/aromatic N) is 3. The summed E-state index contributed by atoms with van der Waals surface area (Å²) < 4.78 is 0. The third-order valence-electron chi connectivity index (χ3n) is 4.44. The first-order valence-corrected chi connectivity index (χ1v) is 6.99. The number of hydrogen-bond acceptors (Lipinski definition) is 4. The van der Waals surface area contributed by atoms with Crippen LogP contribution in [0.2, 0.25) is 0 Å². The van der Waals surface area contributed by atoms with Gasteiger partial charge in [0.05, 0.1) is 6.10 Å². The lowest BCUT2D eigenvalue weighted by Gasteiger charge is -2.43. The Hall–Kier alpha value is -1.34. The Morgan fingerprint density at radius 3 is 2.15 bits per heavy atom. The van der Waals surface area contributed by atoms with Crippen LogP contribution in [0.1, 0.15) is 20.3 Å². The second-order valence-corrected chi connectivity index (χ2v) is 5.95. The third-order valence-corrected chi connectivity index (χ3v) is 4.44. The minimum atomic E-state index is -1.05. The molecule has 0 saturated carbocycles. The van der Waals surface area contributed by atoms with Gasteiger partial charge in [-0.15, -0.1) is 0 Å². The number of carboxylic acids is 1. The molecular formula is C13H23N3O4. The average Bonchev–Trinajstić information content (AvgIpc) is 2.76. The topological polar surface area (TPSA) is 84.3 Å². The van der Waals surface area contributed by atoms with Gasteiger partial charge in [0.1, 0.15) is 6.04 Å². The van der Waals surface area contributed by atoms with Crippen LogP contribution in [-0.2, 0) is 4.79 Å². The largest absolute Gasteiger partial charge is 0.480 e. The molecule has 0 bridgehead atoms. The van der Waals surface area contributed by atoms with E-state index in [1.165, 1.54) is 4.90 Å². The Bertz CT molecular complexity index is 391. The van der Waals surface area contributed by atoms with Gasteiger partial charge in [-0.1, -0.05) is 0 Å². The van der Waals surface area contributed by atoms with Crippen molar-refractivity contribution in [2.45, 2.75) is 44.5 Å². The maximum absolute atomic E-state index is 12.5. The van der Waals surface area contributed by atoms with Gasteiger partial charge >= 0.3 is 12.0 Å². The number of carboxylic acid groups (broad SMARTS) is 1. The van der Waals surface area contributed by atoms with Crippen LogP contribution in [0, 0.1) is 0 Å². The summed E-state index contributed by atoms with van der Waals surface area (Å²) >= 11 is 0. The molecule has 0 radical (unpaired) electrons. The van der Waals surface area contributed by atoms with E-state index in [-0.39, 0.29) is 31.1 Å². The number of amides is 2. The van der Waals surface area contributed by atoms with E-state index < -0.39 is 18.1 Å². The second-order valence-electron chi connectivity index (χ2n) is 5.95. The van der Waals surface area contributed by atoms with Gasteiger partial charge in [-0.3, -0.25) is 4.90 Å². The standard InChI is InChI=1S/C13H23N3O4/c1-8-5-15(6-9(2)14(8)3)13(20)16-7-10(17)4-11(16)12(18)19/h8-11,17H,4-7H2,1-3H3,(H,18,19)/t8?,9?,10-,11+/m1/s1. The van der Waals surface area contributed by atoms with Crippen molar-refractivity contribution >= 4 is 12.0 Å². The van der Waals surface area contributed by atoms with Crippen LogP contribution in [0.25, 0.3) is 0 Å². The van der Waals surface area contributed by atoms with E-state index in [0.717, 1.165) is 0 Å². The number of urea groups is 1. The van der Waals surface area contributed by atoms with Crippen LogP contribution < -0.4 is 0 Å². The van der Waals surface area contributed by atoms with Crippen LogP contribution in [0.5, 0.6) is 0 Å². The molecule has 2 fully saturated rings. The van der Waals surface area contributed by atoms with Crippen LogP contribution >= 0.6 is 0 Å². The first kappa shape index (κ1) is 15.1. The Morgan fingerprint density at radius 2 is 1.65 bits per heavy atom. The van der Waals surface area contributed by atoms with Crippen molar-refractivity contribution in [3.63, 3.8) is 0 Å². The number of rotatable bonds is 1. The maximum Gasteiger partial charge on any atom is 0.326 e. The Balaban J connectivity index is 2.09. The third kappa shape index (κ3) is 2.73. The fraction of sp³-hybridized carbons (Fsp3) is 0.846. The second kappa shape index (κ2) is 5.57. The summed E-state index contributed by atoms with van der Waals surface area (Å²) in [6.45, 7) is 5.36. The molecule has 2 aliphatic heterocycles. The van der Waals surface area contributed by atoms with Gasteiger partial charge in [0.15, 0.2) is 0 Å². The minimum absolute atomic E-state index is 0.102. The number of piperazine rings is 1. The lowest BCUT2D eigenvalue weighted by molar-refractivity contribution is -0.141. The van der Waals surface area contributed by atoms with Crippen molar-refractivity contribution in [2.75, 3.05) is 26.7 Å². The number of carbonyl (C=O) groups is 2. The molecule has 114 valence electrons. The monoisotopic (exact) mass is 285 g/mol. The Labute approximate surface area is 118 Å². The molecule has 0 spiro atoms.